The summed E-state index contributed by atoms with van der Waals surface area (Å²) in [5.74, 6) is -5.70. The number of aliphatic hydroxyl groups excluding tert-OH is 4. The Morgan fingerprint density at radius 1 is 0.571 bits per heavy atom. The van der Waals surface area contributed by atoms with Crippen LogP contribution in [0, 0.1) is 0 Å². The highest BCUT2D eigenvalue weighted by atomic mass is 16.4. The van der Waals surface area contributed by atoms with Gasteiger partial charge in [0.25, 0.3) is 0 Å². The summed E-state index contributed by atoms with van der Waals surface area (Å²) in [4.78, 5) is 0. The van der Waals surface area contributed by atoms with Gasteiger partial charge in [0.05, 0.1) is 22.9 Å². The van der Waals surface area contributed by atoms with Crippen LogP contribution in [0.2, 0.25) is 0 Å². The van der Waals surface area contributed by atoms with Crippen molar-refractivity contribution in [3.8, 4) is 28.4 Å². The first kappa shape index (κ1) is 20.6. The normalized spacial score (nSPS) is 14.2. The second-order valence-corrected chi connectivity index (χ2v) is 8.39. The maximum Gasteiger partial charge on any atom is 0.201 e. The Hall–Kier alpha value is -4.98. The van der Waals surface area contributed by atoms with Gasteiger partial charge in [0.2, 0.25) is 5.75 Å². The Bertz CT molecular complexity index is 1730. The molecule has 8 heteroatoms. The van der Waals surface area contributed by atoms with Gasteiger partial charge in [-0.2, -0.15) is 0 Å². The zero-order chi connectivity index (χ0) is 24.6. The molecule has 0 fully saturated rings. The first-order chi connectivity index (χ1) is 16.8. The van der Waals surface area contributed by atoms with Crippen molar-refractivity contribution in [1.82, 2.24) is 0 Å². The van der Waals surface area contributed by atoms with E-state index in [0.29, 0.717) is 16.3 Å². The number of hydrogen-bond acceptors (Lipinski definition) is 8. The summed E-state index contributed by atoms with van der Waals surface area (Å²) in [7, 11) is 0. The lowest BCUT2D eigenvalue weighted by Gasteiger charge is -2.15. The lowest BCUT2D eigenvalue weighted by Crippen LogP contribution is -1.92. The smallest absolute Gasteiger partial charge is 0.201 e. The van der Waals surface area contributed by atoms with E-state index in [1.807, 2.05) is 54.6 Å². The monoisotopic (exact) mass is 470 g/mol. The van der Waals surface area contributed by atoms with E-state index in [4.69, 9.17) is 4.42 Å². The molecule has 1 aliphatic rings. The van der Waals surface area contributed by atoms with Gasteiger partial charge < -0.3 is 40.2 Å². The standard InChI is InChI=1S/C27H18O8/c28-15-10-16(29)22(31)27-19(21(15)30)20-24(33)25(34)23(32)18(26(20)35-27)17-13-7-3-1-5-11(13)9-12-6-2-4-8-14(12)17/h1-9,28-34H,10H2. The lowest BCUT2D eigenvalue weighted by atomic mass is 9.90. The van der Waals surface area contributed by atoms with Crippen molar-refractivity contribution in [1.29, 1.82) is 0 Å². The van der Waals surface area contributed by atoms with Gasteiger partial charge in [-0.05, 0) is 27.6 Å². The number of hydrogen-bond donors (Lipinski definition) is 7. The van der Waals surface area contributed by atoms with Gasteiger partial charge in [-0.3, -0.25) is 0 Å². The number of rotatable bonds is 1. The number of phenols is 3. The number of furan rings is 1. The van der Waals surface area contributed by atoms with Crippen molar-refractivity contribution >= 4 is 44.0 Å². The third-order valence-electron chi connectivity index (χ3n) is 6.41. The van der Waals surface area contributed by atoms with E-state index in [-0.39, 0.29) is 22.1 Å². The minimum absolute atomic E-state index is 0.00375. The van der Waals surface area contributed by atoms with Crippen LogP contribution in [-0.2, 0) is 0 Å². The third-order valence-corrected chi connectivity index (χ3v) is 6.41. The van der Waals surface area contributed by atoms with Gasteiger partial charge in [-0.15, -0.1) is 0 Å². The molecule has 0 atom stereocenters. The van der Waals surface area contributed by atoms with Gasteiger partial charge in [0.1, 0.15) is 11.5 Å². The molecule has 0 radical (unpaired) electrons. The van der Waals surface area contributed by atoms with E-state index in [1.54, 1.807) is 0 Å². The average molecular weight is 470 g/mol. The summed E-state index contributed by atoms with van der Waals surface area (Å²) >= 11 is 0. The molecule has 1 aliphatic carbocycles. The van der Waals surface area contributed by atoms with Gasteiger partial charge in [0, 0.05) is 5.56 Å². The molecule has 0 aliphatic heterocycles. The van der Waals surface area contributed by atoms with Crippen LogP contribution >= 0.6 is 0 Å². The van der Waals surface area contributed by atoms with E-state index >= 15 is 0 Å². The maximum atomic E-state index is 11.1. The molecule has 1 heterocycles. The zero-order valence-corrected chi connectivity index (χ0v) is 17.9. The highest BCUT2D eigenvalue weighted by Gasteiger charge is 2.35. The summed E-state index contributed by atoms with van der Waals surface area (Å²) in [5.41, 5.74) is -0.0423. The highest BCUT2D eigenvalue weighted by molar-refractivity contribution is 6.19. The van der Waals surface area contributed by atoms with Crippen molar-refractivity contribution in [2.45, 2.75) is 6.42 Å². The van der Waals surface area contributed by atoms with Gasteiger partial charge in [0.15, 0.2) is 34.4 Å². The molecule has 0 spiro atoms. The molecule has 35 heavy (non-hydrogen) atoms. The zero-order valence-electron chi connectivity index (χ0n) is 17.9. The number of aliphatic hydroxyl groups is 4. The van der Waals surface area contributed by atoms with Crippen LogP contribution in [0.4, 0.5) is 0 Å². The van der Waals surface area contributed by atoms with Crippen molar-refractivity contribution in [2.75, 3.05) is 0 Å². The molecule has 5 aromatic rings. The first-order valence-corrected chi connectivity index (χ1v) is 10.7. The Kier molecular flexibility index (Phi) is 4.13. The van der Waals surface area contributed by atoms with Crippen molar-refractivity contribution in [3.05, 3.63) is 77.4 Å². The topological polar surface area (TPSA) is 155 Å². The second kappa shape index (κ2) is 7.01. The van der Waals surface area contributed by atoms with Crippen LogP contribution in [0.25, 0.3) is 55.2 Å². The van der Waals surface area contributed by atoms with E-state index in [2.05, 4.69) is 0 Å². The Labute approximate surface area is 196 Å². The van der Waals surface area contributed by atoms with Crippen molar-refractivity contribution < 1.29 is 40.2 Å². The molecule has 7 N–H and O–H groups in total. The summed E-state index contributed by atoms with van der Waals surface area (Å²) < 4.78 is 5.87. The molecule has 0 bridgehead atoms. The van der Waals surface area contributed by atoms with E-state index < -0.39 is 52.5 Å². The number of benzene rings is 4. The van der Waals surface area contributed by atoms with Gasteiger partial charge in [-0.1, -0.05) is 48.5 Å². The molecule has 0 saturated heterocycles. The maximum absolute atomic E-state index is 11.1. The van der Waals surface area contributed by atoms with Crippen LogP contribution in [0.15, 0.2) is 70.5 Å². The number of aromatic hydroxyl groups is 3. The highest BCUT2D eigenvalue weighted by Crippen LogP contribution is 2.55. The fourth-order valence-electron chi connectivity index (χ4n) is 4.80. The Morgan fingerprint density at radius 3 is 1.77 bits per heavy atom. The van der Waals surface area contributed by atoms with Crippen molar-refractivity contribution in [3.63, 3.8) is 0 Å². The van der Waals surface area contributed by atoms with E-state index in [0.717, 1.165) is 10.8 Å². The van der Waals surface area contributed by atoms with Crippen molar-refractivity contribution in [2.24, 2.45) is 0 Å². The summed E-state index contributed by atoms with van der Waals surface area (Å²) in [6.45, 7) is 0. The molecule has 0 amide bonds. The Balaban J connectivity index is 1.89. The minimum Gasteiger partial charge on any atom is -0.508 e. The van der Waals surface area contributed by atoms with Crippen LogP contribution in [0.1, 0.15) is 17.7 Å². The molecule has 8 nitrogen and oxygen atoms in total. The fraction of sp³-hybridized carbons (Fsp3) is 0.0370. The molecule has 0 unspecified atom stereocenters. The van der Waals surface area contributed by atoms with Gasteiger partial charge in [-0.25, -0.2) is 0 Å². The predicted octanol–water partition coefficient (Wildman–Crippen LogP) is 6.50. The quantitative estimate of drug-likeness (QED) is 0.108. The fourth-order valence-corrected chi connectivity index (χ4v) is 4.80. The molecule has 1 aromatic heterocycles. The van der Waals surface area contributed by atoms with Gasteiger partial charge >= 0.3 is 0 Å². The molecule has 0 saturated carbocycles. The summed E-state index contributed by atoms with van der Waals surface area (Å²) in [5, 5.41) is 77.1. The summed E-state index contributed by atoms with van der Waals surface area (Å²) in [6.07, 6.45) is -0.574. The summed E-state index contributed by atoms with van der Waals surface area (Å²) in [6, 6.07) is 16.7. The molecule has 6 rings (SSSR count). The van der Waals surface area contributed by atoms with Crippen LogP contribution in [0.3, 0.4) is 0 Å². The first-order valence-electron chi connectivity index (χ1n) is 10.7. The SMILES string of the molecule is OC1=C(O)c2oc3c(-c4c5ccccc5cc5ccccc45)c(O)c(O)c(O)c3c2C(O)=C(O)C1. The third kappa shape index (κ3) is 2.67. The van der Waals surface area contributed by atoms with Crippen LogP contribution < -0.4 is 0 Å². The molecule has 4 aromatic carbocycles. The lowest BCUT2D eigenvalue weighted by molar-refractivity contribution is 0.319. The van der Waals surface area contributed by atoms with E-state index in [1.165, 1.54) is 0 Å². The largest absolute Gasteiger partial charge is 0.508 e. The molecule has 174 valence electrons. The van der Waals surface area contributed by atoms with Crippen LogP contribution in [-0.4, -0.2) is 35.7 Å². The van der Waals surface area contributed by atoms with Crippen LogP contribution in [0.5, 0.6) is 17.2 Å². The Morgan fingerprint density at radius 2 is 1.14 bits per heavy atom. The number of fused-ring (bicyclic) bond motifs is 5. The second-order valence-electron chi connectivity index (χ2n) is 8.39. The minimum atomic E-state index is -0.877. The average Bonchev–Trinajstić information content (AvgIpc) is 3.23. The number of phenolic OH excluding ortho intramolecular Hbond substituents is 3. The predicted molar refractivity (Wildman–Crippen MR) is 131 cm³/mol. The molecular formula is C27H18O8. The molecular weight excluding hydrogens is 452 g/mol. The van der Waals surface area contributed by atoms with E-state index in [9.17, 15) is 35.7 Å².